The molecule has 0 spiro atoms. The molecule has 3 heterocycles. The zero-order chi connectivity index (χ0) is 19.0. The Bertz CT molecular complexity index is 834. The molecule has 0 saturated carbocycles. The topological polar surface area (TPSA) is 73.7 Å². The number of piperidine rings is 1. The summed E-state index contributed by atoms with van der Waals surface area (Å²) in [5.41, 5.74) is 0.734. The van der Waals surface area contributed by atoms with E-state index in [1.54, 1.807) is 18.3 Å². The van der Waals surface area contributed by atoms with Crippen molar-refractivity contribution in [2.45, 2.75) is 26.2 Å². The number of rotatable bonds is 4. The average molecular weight is 388 g/mol. The Morgan fingerprint density at radius 3 is 2.81 bits per heavy atom. The Labute approximate surface area is 162 Å². The lowest BCUT2D eigenvalue weighted by atomic mass is 9.73. The normalized spacial score (nSPS) is 25.0. The molecule has 7 heteroatoms. The van der Waals surface area contributed by atoms with Crippen LogP contribution in [0.15, 0.2) is 24.3 Å². The van der Waals surface area contributed by atoms with Gasteiger partial charge in [-0.2, -0.15) is 0 Å². The molecule has 0 radical (unpaired) electrons. The molecule has 6 nitrogen and oxygen atoms in total. The van der Waals surface area contributed by atoms with Crippen molar-refractivity contribution in [3.63, 3.8) is 0 Å². The fourth-order valence-corrected chi connectivity index (χ4v) is 5.38. The molecule has 2 saturated heterocycles. The summed E-state index contributed by atoms with van der Waals surface area (Å²) in [5, 5.41) is 11.0. The standard InChI is InChI=1S/C20H25N3O3S/c1-14(25)22-9-8-20(13-24)12-23(11-15(20)10-22)19(26)7-6-18-21-16-4-2-3-5-17(16)27-18/h2-5,15,24H,6-13H2,1H3/t15-,20+/m1/s1. The number of fused-ring (bicyclic) bond motifs is 2. The maximum absolute atomic E-state index is 12.8. The van der Waals surface area contributed by atoms with Gasteiger partial charge in [-0.25, -0.2) is 4.98 Å². The van der Waals surface area contributed by atoms with Crippen molar-refractivity contribution in [2.24, 2.45) is 11.3 Å². The van der Waals surface area contributed by atoms with Crippen molar-refractivity contribution in [1.82, 2.24) is 14.8 Å². The van der Waals surface area contributed by atoms with Crippen LogP contribution >= 0.6 is 11.3 Å². The summed E-state index contributed by atoms with van der Waals surface area (Å²) in [6.45, 7) is 4.19. The summed E-state index contributed by atoms with van der Waals surface area (Å²) >= 11 is 1.64. The molecule has 2 aromatic rings. The van der Waals surface area contributed by atoms with E-state index in [0.717, 1.165) is 21.6 Å². The third-order valence-electron chi connectivity index (χ3n) is 6.14. The number of aliphatic hydroxyl groups excluding tert-OH is 1. The Hall–Kier alpha value is -1.99. The highest BCUT2D eigenvalue weighted by Gasteiger charge is 2.50. The highest BCUT2D eigenvalue weighted by molar-refractivity contribution is 7.18. The monoisotopic (exact) mass is 387 g/mol. The van der Waals surface area contributed by atoms with Gasteiger partial charge in [0.25, 0.3) is 0 Å². The van der Waals surface area contributed by atoms with Crippen molar-refractivity contribution in [3.8, 4) is 0 Å². The molecule has 0 unspecified atom stereocenters. The Morgan fingerprint density at radius 2 is 2.07 bits per heavy atom. The Balaban J connectivity index is 1.40. The Morgan fingerprint density at radius 1 is 1.30 bits per heavy atom. The fourth-order valence-electron chi connectivity index (χ4n) is 4.42. The summed E-state index contributed by atoms with van der Waals surface area (Å²) in [4.78, 5) is 32.8. The molecule has 4 rings (SSSR count). The number of hydrogen-bond acceptors (Lipinski definition) is 5. The molecule has 2 aliphatic rings. The average Bonchev–Trinajstić information content (AvgIpc) is 3.26. The van der Waals surface area contributed by atoms with Crippen LogP contribution in [0.5, 0.6) is 0 Å². The van der Waals surface area contributed by atoms with Crippen LogP contribution in [0.3, 0.4) is 0 Å². The number of nitrogens with zero attached hydrogens (tertiary/aromatic N) is 3. The molecule has 1 aromatic carbocycles. The van der Waals surface area contributed by atoms with Gasteiger partial charge in [-0.1, -0.05) is 12.1 Å². The van der Waals surface area contributed by atoms with Crippen LogP contribution in [-0.2, 0) is 16.0 Å². The number of hydrogen-bond donors (Lipinski definition) is 1. The van der Waals surface area contributed by atoms with Crippen LogP contribution in [0.1, 0.15) is 24.8 Å². The minimum Gasteiger partial charge on any atom is -0.396 e. The van der Waals surface area contributed by atoms with Crippen molar-refractivity contribution < 1.29 is 14.7 Å². The molecule has 0 aliphatic carbocycles. The van der Waals surface area contributed by atoms with Gasteiger partial charge in [0.2, 0.25) is 11.8 Å². The second-order valence-electron chi connectivity index (χ2n) is 7.78. The van der Waals surface area contributed by atoms with Gasteiger partial charge in [0.1, 0.15) is 0 Å². The molecular formula is C20H25N3O3S. The molecule has 1 N–H and O–H groups in total. The number of benzene rings is 1. The van der Waals surface area contributed by atoms with E-state index >= 15 is 0 Å². The largest absolute Gasteiger partial charge is 0.396 e. The minimum absolute atomic E-state index is 0.0714. The van der Waals surface area contributed by atoms with Crippen LogP contribution in [0.4, 0.5) is 0 Å². The Kier molecular flexibility index (Phi) is 4.90. The highest BCUT2D eigenvalue weighted by Crippen LogP contribution is 2.42. The first-order valence-electron chi connectivity index (χ1n) is 9.49. The summed E-state index contributed by atoms with van der Waals surface area (Å²) in [6.07, 6.45) is 1.84. The first kappa shape index (κ1) is 18.4. The molecule has 27 heavy (non-hydrogen) atoms. The summed E-state index contributed by atoms with van der Waals surface area (Å²) in [6, 6.07) is 8.02. The van der Waals surface area contributed by atoms with Crippen LogP contribution in [0, 0.1) is 11.3 Å². The van der Waals surface area contributed by atoms with Crippen LogP contribution < -0.4 is 0 Å². The van der Waals surface area contributed by atoms with Crippen LogP contribution in [-0.4, -0.2) is 64.5 Å². The maximum Gasteiger partial charge on any atom is 0.223 e. The van der Waals surface area contributed by atoms with Crippen LogP contribution in [0.25, 0.3) is 10.2 Å². The highest BCUT2D eigenvalue weighted by atomic mass is 32.1. The molecule has 2 amide bonds. The second-order valence-corrected chi connectivity index (χ2v) is 8.90. The zero-order valence-electron chi connectivity index (χ0n) is 15.6. The SMILES string of the molecule is CC(=O)N1CC[C@@]2(CO)CN(C(=O)CCc3nc4ccccc4s3)C[C@H]2C1. The summed E-state index contributed by atoms with van der Waals surface area (Å²) < 4.78 is 1.15. The maximum atomic E-state index is 12.8. The molecule has 1 aromatic heterocycles. The van der Waals surface area contributed by atoms with Gasteiger partial charge >= 0.3 is 0 Å². The summed E-state index contributed by atoms with van der Waals surface area (Å²) in [7, 11) is 0. The van der Waals surface area contributed by atoms with Gasteiger partial charge in [-0.15, -0.1) is 11.3 Å². The van der Waals surface area contributed by atoms with Gasteiger partial charge in [-0.3, -0.25) is 9.59 Å². The van der Waals surface area contributed by atoms with E-state index in [2.05, 4.69) is 11.1 Å². The van der Waals surface area contributed by atoms with E-state index in [0.29, 0.717) is 39.0 Å². The first-order valence-corrected chi connectivity index (χ1v) is 10.3. The summed E-state index contributed by atoms with van der Waals surface area (Å²) in [5.74, 6) is 0.347. The van der Waals surface area contributed by atoms with Gasteiger partial charge in [0.15, 0.2) is 0 Å². The number of aryl methyl sites for hydroxylation is 1. The molecule has 2 fully saturated rings. The van der Waals surface area contributed by atoms with Gasteiger partial charge < -0.3 is 14.9 Å². The second kappa shape index (κ2) is 7.20. The van der Waals surface area contributed by atoms with Crippen LogP contribution in [0.2, 0.25) is 0 Å². The zero-order valence-corrected chi connectivity index (χ0v) is 16.4. The van der Waals surface area contributed by atoms with E-state index in [1.165, 1.54) is 0 Å². The molecular weight excluding hydrogens is 362 g/mol. The predicted molar refractivity (Wildman–Crippen MR) is 104 cm³/mol. The van der Waals surface area contributed by atoms with E-state index in [1.807, 2.05) is 28.0 Å². The lowest BCUT2D eigenvalue weighted by Gasteiger charge is -2.41. The third kappa shape index (κ3) is 3.46. The van der Waals surface area contributed by atoms with Crippen molar-refractivity contribution in [2.75, 3.05) is 32.8 Å². The first-order chi connectivity index (χ1) is 13.0. The van der Waals surface area contributed by atoms with E-state index < -0.39 is 0 Å². The van der Waals surface area contributed by atoms with Crippen molar-refractivity contribution in [3.05, 3.63) is 29.3 Å². The van der Waals surface area contributed by atoms with E-state index in [4.69, 9.17) is 0 Å². The molecule has 2 atom stereocenters. The number of likely N-dealkylation sites (tertiary alicyclic amines) is 2. The van der Waals surface area contributed by atoms with E-state index in [-0.39, 0.29) is 29.8 Å². The number of aromatic nitrogens is 1. The molecule has 0 bridgehead atoms. The number of aliphatic hydroxyl groups is 1. The predicted octanol–water partition coefficient (Wildman–Crippen LogP) is 1.92. The minimum atomic E-state index is -0.253. The number of thiazole rings is 1. The number of amides is 2. The van der Waals surface area contributed by atoms with Crippen molar-refractivity contribution in [1.29, 1.82) is 0 Å². The lowest BCUT2D eigenvalue weighted by Crippen LogP contribution is -2.50. The van der Waals surface area contributed by atoms with Gasteiger partial charge in [0, 0.05) is 57.3 Å². The third-order valence-corrected chi connectivity index (χ3v) is 7.23. The number of para-hydroxylation sites is 1. The fraction of sp³-hybridized carbons (Fsp3) is 0.550. The van der Waals surface area contributed by atoms with Gasteiger partial charge in [-0.05, 0) is 18.6 Å². The molecule has 2 aliphatic heterocycles. The molecule has 144 valence electrons. The number of carbonyl (C=O) groups excluding carboxylic acids is 2. The van der Waals surface area contributed by atoms with Gasteiger partial charge in [0.05, 0.1) is 21.8 Å². The van der Waals surface area contributed by atoms with Crippen molar-refractivity contribution >= 4 is 33.4 Å². The smallest absolute Gasteiger partial charge is 0.223 e. The van der Waals surface area contributed by atoms with E-state index in [9.17, 15) is 14.7 Å². The number of carbonyl (C=O) groups is 2. The lowest BCUT2D eigenvalue weighted by molar-refractivity contribution is -0.133. The quantitative estimate of drug-likeness (QED) is 0.870.